The molecule has 0 radical (unpaired) electrons. The molecule has 5 heteroatoms. The van der Waals surface area contributed by atoms with Crippen molar-refractivity contribution >= 4 is 23.2 Å². The molecule has 0 saturated carbocycles. The quantitative estimate of drug-likeness (QED) is 0.820. The third-order valence-electron chi connectivity index (χ3n) is 3.13. The van der Waals surface area contributed by atoms with Crippen molar-refractivity contribution in [2.24, 2.45) is 11.7 Å². The molecule has 2 unspecified atom stereocenters. The summed E-state index contributed by atoms with van der Waals surface area (Å²) in [5.41, 5.74) is 6.69. The lowest BCUT2D eigenvalue weighted by Crippen LogP contribution is -2.23. The molecule has 20 heavy (non-hydrogen) atoms. The van der Waals surface area contributed by atoms with E-state index in [1.54, 1.807) is 18.2 Å². The van der Waals surface area contributed by atoms with Crippen molar-refractivity contribution in [1.82, 2.24) is 0 Å². The maximum Gasteiger partial charge on any atom is 0.229 e. The van der Waals surface area contributed by atoms with Gasteiger partial charge in [-0.1, -0.05) is 23.4 Å². The first-order valence-corrected chi connectivity index (χ1v) is 6.89. The van der Waals surface area contributed by atoms with Gasteiger partial charge in [0, 0.05) is 10.6 Å². The molecular weight excluding hydrogens is 276 g/mol. The van der Waals surface area contributed by atoms with E-state index in [1.165, 1.54) is 0 Å². The minimum atomic E-state index is -0.115. The number of hydrogen-bond donors (Lipinski definition) is 2. The van der Waals surface area contributed by atoms with E-state index >= 15 is 0 Å². The first-order chi connectivity index (χ1) is 9.60. The highest BCUT2D eigenvalue weighted by Gasteiger charge is 2.28. The van der Waals surface area contributed by atoms with Crippen LogP contribution in [0.15, 0.2) is 18.2 Å². The summed E-state index contributed by atoms with van der Waals surface area (Å²) in [4.78, 5) is 12.2. The highest BCUT2D eigenvalue weighted by atomic mass is 35.5. The van der Waals surface area contributed by atoms with Gasteiger partial charge in [-0.25, -0.2) is 0 Å². The van der Waals surface area contributed by atoms with Crippen LogP contribution in [0.25, 0.3) is 0 Å². The second-order valence-electron chi connectivity index (χ2n) is 4.76. The Morgan fingerprint density at radius 2 is 2.40 bits per heavy atom. The third-order valence-corrected chi connectivity index (χ3v) is 3.37. The first kappa shape index (κ1) is 14.9. The Bertz CT molecular complexity index is 563. The number of rotatable bonds is 2. The van der Waals surface area contributed by atoms with E-state index in [0.717, 1.165) is 6.42 Å². The Kier molecular flexibility index (Phi) is 5.02. The third kappa shape index (κ3) is 3.73. The zero-order chi connectivity index (χ0) is 14.5. The van der Waals surface area contributed by atoms with Crippen LogP contribution in [0.4, 0.5) is 5.69 Å². The fraction of sp³-hybridized carbons (Fsp3) is 0.400. The van der Waals surface area contributed by atoms with E-state index in [1.807, 2.05) is 6.92 Å². The Hall–Kier alpha value is -1.54. The van der Waals surface area contributed by atoms with Gasteiger partial charge in [-0.15, -0.1) is 0 Å². The normalized spacial score (nSPS) is 21.1. The number of halogens is 1. The summed E-state index contributed by atoms with van der Waals surface area (Å²) < 4.78 is 5.41. The predicted molar refractivity (Wildman–Crippen MR) is 79.5 cm³/mol. The van der Waals surface area contributed by atoms with Crippen molar-refractivity contribution in [2.45, 2.75) is 19.4 Å². The van der Waals surface area contributed by atoms with E-state index in [4.69, 9.17) is 22.1 Å². The molecule has 106 valence electrons. The lowest BCUT2D eigenvalue weighted by Gasteiger charge is -2.11. The molecule has 0 aromatic heterocycles. The summed E-state index contributed by atoms with van der Waals surface area (Å²) in [6, 6.07) is 5.19. The maximum atomic E-state index is 12.2. The largest absolute Gasteiger partial charge is 0.378 e. The average molecular weight is 293 g/mol. The van der Waals surface area contributed by atoms with Crippen LogP contribution < -0.4 is 11.1 Å². The van der Waals surface area contributed by atoms with Crippen LogP contribution in [0.5, 0.6) is 0 Å². The molecule has 3 N–H and O–H groups in total. The molecule has 2 atom stereocenters. The van der Waals surface area contributed by atoms with Gasteiger partial charge in [0.25, 0.3) is 0 Å². The van der Waals surface area contributed by atoms with Crippen LogP contribution >= 0.6 is 11.6 Å². The van der Waals surface area contributed by atoms with Crippen LogP contribution in [0, 0.1) is 17.8 Å². The van der Waals surface area contributed by atoms with Gasteiger partial charge in [0.2, 0.25) is 5.91 Å². The maximum absolute atomic E-state index is 12.2. The smallest absolute Gasteiger partial charge is 0.229 e. The molecule has 1 aromatic carbocycles. The number of benzene rings is 1. The van der Waals surface area contributed by atoms with Gasteiger partial charge in [0.1, 0.15) is 0 Å². The number of carbonyl (C=O) groups is 1. The second kappa shape index (κ2) is 6.76. The molecule has 2 rings (SSSR count). The number of hydrogen-bond acceptors (Lipinski definition) is 3. The molecule has 1 aliphatic heterocycles. The fourth-order valence-electron chi connectivity index (χ4n) is 2.11. The molecule has 0 aliphatic carbocycles. The zero-order valence-corrected chi connectivity index (χ0v) is 12.0. The van der Waals surface area contributed by atoms with Crippen LogP contribution in [0.2, 0.25) is 5.02 Å². The molecule has 1 aromatic rings. The van der Waals surface area contributed by atoms with Crippen LogP contribution in [-0.4, -0.2) is 25.2 Å². The van der Waals surface area contributed by atoms with E-state index < -0.39 is 0 Å². The van der Waals surface area contributed by atoms with Gasteiger partial charge in [0.05, 0.1) is 30.9 Å². The number of amides is 1. The summed E-state index contributed by atoms with van der Waals surface area (Å²) >= 11 is 5.95. The van der Waals surface area contributed by atoms with Crippen LogP contribution in [-0.2, 0) is 9.53 Å². The Morgan fingerprint density at radius 3 is 3.05 bits per heavy atom. The Morgan fingerprint density at radius 1 is 1.60 bits per heavy atom. The average Bonchev–Trinajstić information content (AvgIpc) is 2.85. The summed E-state index contributed by atoms with van der Waals surface area (Å²) in [5.74, 6) is 5.51. The van der Waals surface area contributed by atoms with Gasteiger partial charge in [-0.05, 0) is 31.5 Å². The minimum absolute atomic E-state index is 0.0486. The van der Waals surface area contributed by atoms with Crippen molar-refractivity contribution in [3.05, 3.63) is 28.8 Å². The number of ether oxygens (including phenoxy) is 1. The van der Waals surface area contributed by atoms with Crippen LogP contribution in [0.1, 0.15) is 18.9 Å². The van der Waals surface area contributed by atoms with Crippen molar-refractivity contribution in [3.63, 3.8) is 0 Å². The first-order valence-electron chi connectivity index (χ1n) is 6.51. The van der Waals surface area contributed by atoms with Crippen molar-refractivity contribution < 1.29 is 9.53 Å². The van der Waals surface area contributed by atoms with Gasteiger partial charge >= 0.3 is 0 Å². The lowest BCUT2D eigenvalue weighted by atomic mass is 10.0. The van der Waals surface area contributed by atoms with Crippen LogP contribution in [0.3, 0.4) is 0 Å². The highest BCUT2D eigenvalue weighted by Crippen LogP contribution is 2.24. The van der Waals surface area contributed by atoms with E-state index in [2.05, 4.69) is 17.2 Å². The van der Waals surface area contributed by atoms with Gasteiger partial charge in [-0.3, -0.25) is 4.79 Å². The SMILES string of the molecule is CC1CC(C(=O)Nc2ccc(Cl)cc2C#CCN)CO1. The van der Waals surface area contributed by atoms with Crippen molar-refractivity contribution in [2.75, 3.05) is 18.5 Å². The van der Waals surface area contributed by atoms with Gasteiger partial charge < -0.3 is 15.8 Å². The molecule has 1 amide bonds. The number of nitrogens with two attached hydrogens (primary N) is 1. The summed E-state index contributed by atoms with van der Waals surface area (Å²) in [6.45, 7) is 2.69. The summed E-state index contributed by atoms with van der Waals surface area (Å²) in [7, 11) is 0. The molecule has 1 aliphatic rings. The molecule has 1 fully saturated rings. The Labute approximate surface area is 123 Å². The molecular formula is C15H17ClN2O2. The second-order valence-corrected chi connectivity index (χ2v) is 5.20. The van der Waals surface area contributed by atoms with Gasteiger partial charge in [0.15, 0.2) is 0 Å². The molecule has 0 spiro atoms. The summed E-state index contributed by atoms with van der Waals surface area (Å²) in [6.07, 6.45) is 0.871. The number of nitrogens with one attached hydrogen (secondary N) is 1. The summed E-state index contributed by atoms with van der Waals surface area (Å²) in [5, 5.41) is 3.46. The molecule has 0 bridgehead atoms. The monoisotopic (exact) mass is 292 g/mol. The van der Waals surface area contributed by atoms with Crippen molar-refractivity contribution in [1.29, 1.82) is 0 Å². The fourth-order valence-corrected chi connectivity index (χ4v) is 2.28. The minimum Gasteiger partial charge on any atom is -0.378 e. The predicted octanol–water partition coefficient (Wildman–Crippen LogP) is 2.01. The Balaban J connectivity index is 2.14. The highest BCUT2D eigenvalue weighted by molar-refractivity contribution is 6.30. The van der Waals surface area contributed by atoms with E-state index in [0.29, 0.717) is 22.9 Å². The molecule has 4 nitrogen and oxygen atoms in total. The number of carbonyl (C=O) groups excluding carboxylic acids is 1. The van der Waals surface area contributed by atoms with Gasteiger partial charge in [-0.2, -0.15) is 0 Å². The standard InChI is InChI=1S/C15H17ClN2O2/c1-10-7-12(9-20-10)15(19)18-14-5-4-13(16)8-11(14)3-2-6-17/h4-5,8,10,12H,6-7,9,17H2,1H3,(H,18,19). The topological polar surface area (TPSA) is 64.4 Å². The van der Waals surface area contributed by atoms with E-state index in [-0.39, 0.29) is 24.5 Å². The zero-order valence-electron chi connectivity index (χ0n) is 11.3. The number of anilines is 1. The van der Waals surface area contributed by atoms with Crippen molar-refractivity contribution in [3.8, 4) is 11.8 Å². The molecule has 1 heterocycles. The van der Waals surface area contributed by atoms with E-state index in [9.17, 15) is 4.79 Å². The lowest BCUT2D eigenvalue weighted by molar-refractivity contribution is -0.119. The molecule has 1 saturated heterocycles.